The van der Waals surface area contributed by atoms with E-state index in [4.69, 9.17) is 15.2 Å². The fraction of sp³-hybridized carbons (Fsp3) is 0.600. The Hall–Kier alpha value is -1.46. The molecule has 0 aliphatic heterocycles. The first-order valence-corrected chi connectivity index (χ1v) is 6.96. The second kappa shape index (κ2) is 7.97. The fourth-order valence-electron chi connectivity index (χ4n) is 1.68. The lowest BCUT2D eigenvalue weighted by atomic mass is 10.0. The number of anilines is 2. The van der Waals surface area contributed by atoms with Crippen LogP contribution in [-0.2, 0) is 4.74 Å². The minimum absolute atomic E-state index is 0.438. The van der Waals surface area contributed by atoms with Gasteiger partial charge in [0.15, 0.2) is 0 Å². The molecule has 0 fully saturated rings. The Morgan fingerprint density at radius 1 is 1.35 bits per heavy atom. The third-order valence-electron chi connectivity index (χ3n) is 2.99. The van der Waals surface area contributed by atoms with E-state index >= 15 is 0 Å². The Labute approximate surface area is 121 Å². The summed E-state index contributed by atoms with van der Waals surface area (Å²) in [6.45, 7) is 5.43. The summed E-state index contributed by atoms with van der Waals surface area (Å²) in [5.41, 5.74) is 6.54. The molecule has 20 heavy (non-hydrogen) atoms. The van der Waals surface area contributed by atoms with Gasteiger partial charge in [0.05, 0.1) is 17.9 Å². The summed E-state index contributed by atoms with van der Waals surface area (Å²) >= 11 is 0. The normalized spacial score (nSPS) is 13.8. The van der Waals surface area contributed by atoms with Gasteiger partial charge in [-0.05, 0) is 25.5 Å². The van der Waals surface area contributed by atoms with Crippen LogP contribution in [0.15, 0.2) is 18.2 Å². The molecule has 0 saturated heterocycles. The zero-order valence-electron chi connectivity index (χ0n) is 12.6. The Bertz CT molecular complexity index is 408. The van der Waals surface area contributed by atoms with Crippen LogP contribution in [0.25, 0.3) is 0 Å². The maximum absolute atomic E-state index is 10.2. The standard InChI is InChI=1S/C15H26N2O3/c1-4-8-20-14-10-12(5-6-13(14)16)17-11-15(2,18)7-9-19-3/h5-6,10,17-18H,4,7-9,11,16H2,1-3H3. The molecular formula is C15H26N2O3. The third-order valence-corrected chi connectivity index (χ3v) is 2.99. The van der Waals surface area contributed by atoms with Gasteiger partial charge >= 0.3 is 0 Å². The molecular weight excluding hydrogens is 256 g/mol. The molecule has 0 bridgehead atoms. The molecule has 5 nitrogen and oxygen atoms in total. The largest absolute Gasteiger partial charge is 0.491 e. The Balaban J connectivity index is 2.59. The molecule has 1 aromatic rings. The predicted octanol–water partition coefficient (Wildman–Crippen LogP) is 2.26. The molecule has 0 spiro atoms. The first-order valence-electron chi connectivity index (χ1n) is 6.96. The van der Waals surface area contributed by atoms with Crippen molar-refractivity contribution >= 4 is 11.4 Å². The van der Waals surface area contributed by atoms with Gasteiger partial charge in [0, 0.05) is 38.4 Å². The summed E-state index contributed by atoms with van der Waals surface area (Å²) < 4.78 is 10.6. The van der Waals surface area contributed by atoms with E-state index in [1.54, 1.807) is 20.1 Å². The monoisotopic (exact) mass is 282 g/mol. The minimum atomic E-state index is -0.818. The fourth-order valence-corrected chi connectivity index (χ4v) is 1.68. The molecule has 4 N–H and O–H groups in total. The lowest BCUT2D eigenvalue weighted by molar-refractivity contribution is 0.0357. The summed E-state index contributed by atoms with van der Waals surface area (Å²) in [5, 5.41) is 13.4. The molecule has 0 heterocycles. The number of methoxy groups -OCH3 is 1. The summed E-state index contributed by atoms with van der Waals surface area (Å²) in [5.74, 6) is 0.674. The molecule has 0 aliphatic rings. The number of hydrogen-bond acceptors (Lipinski definition) is 5. The van der Waals surface area contributed by atoms with Crippen molar-refractivity contribution < 1.29 is 14.6 Å². The highest BCUT2D eigenvalue weighted by Gasteiger charge is 2.19. The van der Waals surface area contributed by atoms with Crippen molar-refractivity contribution in [3.63, 3.8) is 0 Å². The number of aliphatic hydroxyl groups is 1. The van der Waals surface area contributed by atoms with Crippen LogP contribution in [0.1, 0.15) is 26.7 Å². The van der Waals surface area contributed by atoms with E-state index in [2.05, 4.69) is 5.32 Å². The molecule has 1 unspecified atom stereocenters. The summed E-state index contributed by atoms with van der Waals surface area (Å²) in [4.78, 5) is 0. The highest BCUT2D eigenvalue weighted by atomic mass is 16.5. The second-order valence-electron chi connectivity index (χ2n) is 5.19. The molecule has 1 aromatic carbocycles. The van der Waals surface area contributed by atoms with E-state index in [-0.39, 0.29) is 0 Å². The predicted molar refractivity (Wildman–Crippen MR) is 82.2 cm³/mol. The van der Waals surface area contributed by atoms with Gasteiger partial charge in [-0.1, -0.05) is 6.92 Å². The van der Waals surface area contributed by atoms with Gasteiger partial charge in [-0.25, -0.2) is 0 Å². The Kier molecular flexibility index (Phi) is 6.61. The van der Waals surface area contributed by atoms with E-state index in [9.17, 15) is 5.11 Å². The van der Waals surface area contributed by atoms with E-state index in [0.29, 0.717) is 37.6 Å². The molecule has 1 atom stereocenters. The van der Waals surface area contributed by atoms with Crippen molar-refractivity contribution in [2.75, 3.05) is 37.9 Å². The lowest BCUT2D eigenvalue weighted by Gasteiger charge is -2.24. The molecule has 5 heteroatoms. The third kappa shape index (κ3) is 5.67. The molecule has 0 amide bonds. The number of ether oxygens (including phenoxy) is 2. The molecule has 114 valence electrons. The first-order chi connectivity index (χ1) is 9.48. The van der Waals surface area contributed by atoms with Gasteiger partial charge in [-0.2, -0.15) is 0 Å². The molecule has 0 aromatic heterocycles. The lowest BCUT2D eigenvalue weighted by Crippen LogP contribution is -2.34. The highest BCUT2D eigenvalue weighted by Crippen LogP contribution is 2.26. The van der Waals surface area contributed by atoms with Crippen LogP contribution in [0.5, 0.6) is 5.75 Å². The van der Waals surface area contributed by atoms with E-state index in [0.717, 1.165) is 12.1 Å². The Morgan fingerprint density at radius 2 is 2.10 bits per heavy atom. The average Bonchev–Trinajstić information content (AvgIpc) is 2.43. The molecule has 0 aliphatic carbocycles. The first kappa shape index (κ1) is 16.6. The van der Waals surface area contributed by atoms with E-state index in [1.807, 2.05) is 19.1 Å². The number of hydrogen-bond donors (Lipinski definition) is 3. The molecule has 0 saturated carbocycles. The van der Waals surface area contributed by atoms with Crippen LogP contribution in [0, 0.1) is 0 Å². The number of rotatable bonds is 9. The maximum atomic E-state index is 10.2. The van der Waals surface area contributed by atoms with Gasteiger partial charge < -0.3 is 25.6 Å². The quantitative estimate of drug-likeness (QED) is 0.606. The van der Waals surface area contributed by atoms with Crippen molar-refractivity contribution in [3.8, 4) is 5.75 Å². The van der Waals surface area contributed by atoms with Crippen molar-refractivity contribution in [1.82, 2.24) is 0 Å². The number of benzene rings is 1. The van der Waals surface area contributed by atoms with Crippen LogP contribution < -0.4 is 15.8 Å². The van der Waals surface area contributed by atoms with E-state index < -0.39 is 5.60 Å². The van der Waals surface area contributed by atoms with Crippen LogP contribution in [0.3, 0.4) is 0 Å². The van der Waals surface area contributed by atoms with Crippen molar-refractivity contribution in [2.24, 2.45) is 0 Å². The van der Waals surface area contributed by atoms with Gasteiger partial charge in [-0.3, -0.25) is 0 Å². The number of nitrogens with two attached hydrogens (primary N) is 1. The minimum Gasteiger partial charge on any atom is -0.491 e. The van der Waals surface area contributed by atoms with Crippen molar-refractivity contribution in [3.05, 3.63) is 18.2 Å². The number of nitrogen functional groups attached to an aromatic ring is 1. The van der Waals surface area contributed by atoms with Crippen molar-refractivity contribution in [2.45, 2.75) is 32.3 Å². The van der Waals surface area contributed by atoms with Crippen LogP contribution >= 0.6 is 0 Å². The molecule has 1 rings (SSSR count). The zero-order chi connectivity index (χ0) is 15.0. The van der Waals surface area contributed by atoms with E-state index in [1.165, 1.54) is 0 Å². The van der Waals surface area contributed by atoms with Gasteiger partial charge in [0.2, 0.25) is 0 Å². The smallest absolute Gasteiger partial charge is 0.144 e. The zero-order valence-corrected chi connectivity index (χ0v) is 12.6. The Morgan fingerprint density at radius 3 is 2.75 bits per heavy atom. The van der Waals surface area contributed by atoms with Gasteiger partial charge in [0.25, 0.3) is 0 Å². The summed E-state index contributed by atoms with van der Waals surface area (Å²) in [6, 6.07) is 5.54. The number of nitrogens with one attached hydrogen (secondary N) is 1. The second-order valence-corrected chi connectivity index (χ2v) is 5.19. The molecule has 0 radical (unpaired) electrons. The summed E-state index contributed by atoms with van der Waals surface area (Å²) in [7, 11) is 1.63. The highest BCUT2D eigenvalue weighted by molar-refractivity contribution is 5.61. The topological polar surface area (TPSA) is 76.7 Å². The van der Waals surface area contributed by atoms with Gasteiger partial charge in [0.1, 0.15) is 5.75 Å². The summed E-state index contributed by atoms with van der Waals surface area (Å²) in [6.07, 6.45) is 1.51. The van der Waals surface area contributed by atoms with Crippen molar-refractivity contribution in [1.29, 1.82) is 0 Å². The van der Waals surface area contributed by atoms with Crippen LogP contribution in [-0.4, -0.2) is 37.6 Å². The SMILES string of the molecule is CCCOc1cc(NCC(C)(O)CCOC)ccc1N. The average molecular weight is 282 g/mol. The maximum Gasteiger partial charge on any atom is 0.144 e. The van der Waals surface area contributed by atoms with Crippen LogP contribution in [0.4, 0.5) is 11.4 Å². The van der Waals surface area contributed by atoms with Gasteiger partial charge in [-0.15, -0.1) is 0 Å². The van der Waals surface area contributed by atoms with Crippen LogP contribution in [0.2, 0.25) is 0 Å².